The molecule has 2 rings (SSSR count). The molecule has 2 heterocycles. The number of hydrogen-bond donors (Lipinski definition) is 5. The van der Waals surface area contributed by atoms with Gasteiger partial charge in [-0.1, -0.05) is 0 Å². The number of amides is 4. The average molecular weight is 431 g/mol. The summed E-state index contributed by atoms with van der Waals surface area (Å²) in [5.41, 5.74) is 0. The Bertz CT molecular complexity index is 683. The van der Waals surface area contributed by atoms with Crippen molar-refractivity contribution in [3.63, 3.8) is 0 Å². The molecule has 0 aromatic heterocycles. The Kier molecular flexibility index (Phi) is 8.23. The number of nitrogens with one attached hydrogen (secondary N) is 2. The molecular formula is C17H25N3O10. The zero-order valence-electron chi connectivity index (χ0n) is 16.3. The summed E-state index contributed by atoms with van der Waals surface area (Å²) in [4.78, 5) is 62.5. The number of aliphatic hydroxyl groups is 3. The number of carbonyl (C=O) groups excluding carboxylic acids is 5. The molecule has 5 atom stereocenters. The third kappa shape index (κ3) is 5.95. The molecule has 0 aliphatic carbocycles. The highest BCUT2D eigenvalue weighted by atomic mass is 16.7. The van der Waals surface area contributed by atoms with E-state index in [1.165, 1.54) is 6.92 Å². The second-order valence-corrected chi connectivity index (χ2v) is 6.95. The molecule has 2 aliphatic heterocycles. The lowest BCUT2D eigenvalue weighted by Crippen LogP contribution is -2.65. The summed E-state index contributed by atoms with van der Waals surface area (Å²) in [7, 11) is 0. The van der Waals surface area contributed by atoms with Crippen LogP contribution in [0.3, 0.4) is 0 Å². The van der Waals surface area contributed by atoms with Gasteiger partial charge in [0.2, 0.25) is 11.8 Å². The van der Waals surface area contributed by atoms with Crippen LogP contribution in [0.1, 0.15) is 32.6 Å². The van der Waals surface area contributed by atoms with Gasteiger partial charge in [-0.05, 0) is 0 Å². The van der Waals surface area contributed by atoms with Gasteiger partial charge in [-0.15, -0.1) is 5.06 Å². The van der Waals surface area contributed by atoms with Crippen molar-refractivity contribution in [3.05, 3.63) is 0 Å². The minimum atomic E-state index is -1.44. The van der Waals surface area contributed by atoms with E-state index in [0.29, 0.717) is 5.06 Å². The summed E-state index contributed by atoms with van der Waals surface area (Å²) in [5.74, 6) is -3.29. The Morgan fingerprint density at radius 3 is 2.30 bits per heavy atom. The molecule has 0 aromatic rings. The maximum atomic E-state index is 12.0. The van der Waals surface area contributed by atoms with Gasteiger partial charge >= 0.3 is 5.97 Å². The predicted molar refractivity (Wildman–Crippen MR) is 94.8 cm³/mol. The van der Waals surface area contributed by atoms with E-state index in [9.17, 15) is 39.3 Å². The van der Waals surface area contributed by atoms with Crippen LogP contribution in [0.25, 0.3) is 0 Å². The van der Waals surface area contributed by atoms with Gasteiger partial charge in [0.25, 0.3) is 11.8 Å². The van der Waals surface area contributed by atoms with Crippen molar-refractivity contribution < 1.29 is 48.9 Å². The molecule has 2 aliphatic rings. The third-order valence-corrected chi connectivity index (χ3v) is 4.65. The average Bonchev–Trinajstić information content (AvgIpc) is 3.01. The van der Waals surface area contributed by atoms with Gasteiger partial charge in [0.05, 0.1) is 25.2 Å². The topological polar surface area (TPSA) is 192 Å². The Balaban J connectivity index is 1.83. The number of carbonyl (C=O) groups is 5. The number of imide groups is 1. The lowest BCUT2D eigenvalue weighted by atomic mass is 9.92. The molecule has 13 heteroatoms. The molecule has 0 saturated carbocycles. The Morgan fingerprint density at radius 1 is 1.10 bits per heavy atom. The quantitative estimate of drug-likeness (QED) is 0.241. The largest absolute Gasteiger partial charge is 0.394 e. The van der Waals surface area contributed by atoms with Crippen molar-refractivity contribution in [2.75, 3.05) is 13.2 Å². The first-order chi connectivity index (χ1) is 14.1. The number of nitrogens with zero attached hydrogens (tertiary/aromatic N) is 1. The molecule has 0 spiro atoms. The maximum Gasteiger partial charge on any atom is 0.333 e. The Morgan fingerprint density at radius 2 is 1.73 bits per heavy atom. The van der Waals surface area contributed by atoms with Crippen LogP contribution >= 0.6 is 0 Å². The fourth-order valence-electron chi connectivity index (χ4n) is 3.10. The molecule has 5 N–H and O–H groups in total. The normalized spacial score (nSPS) is 28.9. The maximum absolute atomic E-state index is 12.0. The Hall–Kier alpha value is -2.61. The minimum Gasteiger partial charge on any atom is -0.394 e. The van der Waals surface area contributed by atoms with Crippen LogP contribution in [0.5, 0.6) is 0 Å². The number of hydrogen-bond acceptors (Lipinski definition) is 10. The summed E-state index contributed by atoms with van der Waals surface area (Å²) >= 11 is 0. The molecule has 30 heavy (non-hydrogen) atoms. The highest BCUT2D eigenvalue weighted by Gasteiger charge is 2.44. The molecule has 0 aromatic carbocycles. The van der Waals surface area contributed by atoms with Crippen LogP contribution in [-0.4, -0.2) is 93.6 Å². The van der Waals surface area contributed by atoms with Gasteiger partial charge in [0, 0.05) is 32.7 Å². The first kappa shape index (κ1) is 23.7. The zero-order chi connectivity index (χ0) is 22.4. The van der Waals surface area contributed by atoms with Crippen molar-refractivity contribution in [3.8, 4) is 0 Å². The summed E-state index contributed by atoms with van der Waals surface area (Å²) in [6.45, 7) is 0.422. The summed E-state index contributed by atoms with van der Waals surface area (Å²) in [6, 6.07) is -1.04. The highest BCUT2D eigenvalue weighted by molar-refractivity contribution is 6.01. The van der Waals surface area contributed by atoms with Gasteiger partial charge in [0.15, 0.2) is 0 Å². The van der Waals surface area contributed by atoms with Gasteiger partial charge in [-0.25, -0.2) is 4.79 Å². The van der Waals surface area contributed by atoms with Crippen LogP contribution in [0.4, 0.5) is 0 Å². The second-order valence-electron chi connectivity index (χ2n) is 6.95. The van der Waals surface area contributed by atoms with Crippen LogP contribution in [-0.2, 0) is 33.5 Å². The summed E-state index contributed by atoms with van der Waals surface area (Å²) in [5, 5.41) is 34.7. The van der Waals surface area contributed by atoms with Crippen molar-refractivity contribution in [2.24, 2.45) is 0 Å². The smallest absolute Gasteiger partial charge is 0.333 e. The van der Waals surface area contributed by atoms with Crippen LogP contribution in [0, 0.1) is 0 Å². The fraction of sp³-hybridized carbons (Fsp3) is 0.706. The standard InChI is InChI=1S/C17H25N3O10/c1-8(22)19-15-9(29-10(7-21)16(27)17(15)28)6-18-11(23)2-5-14(26)30-20-12(24)3-4-13(20)25/h9-10,15-17,21,27-28H,2-7H2,1H3,(H,18,23)(H,19,22). The molecule has 13 nitrogen and oxygen atoms in total. The first-order valence-corrected chi connectivity index (χ1v) is 9.36. The summed E-state index contributed by atoms with van der Waals surface area (Å²) < 4.78 is 5.46. The van der Waals surface area contributed by atoms with Gasteiger partial charge in [-0.2, -0.15) is 0 Å². The lowest BCUT2D eigenvalue weighted by Gasteiger charge is -2.42. The zero-order valence-corrected chi connectivity index (χ0v) is 16.3. The first-order valence-electron chi connectivity index (χ1n) is 9.36. The van der Waals surface area contributed by atoms with E-state index in [1.54, 1.807) is 0 Å². The minimum absolute atomic E-state index is 0.0428. The molecule has 4 amide bonds. The molecule has 2 saturated heterocycles. The van der Waals surface area contributed by atoms with E-state index in [0.717, 1.165) is 0 Å². The third-order valence-electron chi connectivity index (χ3n) is 4.65. The monoisotopic (exact) mass is 431 g/mol. The van der Waals surface area contributed by atoms with Crippen molar-refractivity contribution in [1.29, 1.82) is 0 Å². The van der Waals surface area contributed by atoms with E-state index >= 15 is 0 Å². The number of rotatable bonds is 8. The van der Waals surface area contributed by atoms with Gasteiger partial charge in [-0.3, -0.25) is 19.2 Å². The molecule has 2 fully saturated rings. The second kappa shape index (κ2) is 10.4. The van der Waals surface area contributed by atoms with Gasteiger partial charge < -0.3 is 35.5 Å². The van der Waals surface area contributed by atoms with E-state index in [1.807, 2.05) is 0 Å². The van der Waals surface area contributed by atoms with Crippen LogP contribution in [0.15, 0.2) is 0 Å². The number of hydroxylamine groups is 2. The molecule has 0 radical (unpaired) electrons. The van der Waals surface area contributed by atoms with E-state index in [4.69, 9.17) is 4.74 Å². The van der Waals surface area contributed by atoms with E-state index in [-0.39, 0.29) is 25.8 Å². The number of ether oxygens (including phenoxy) is 1. The highest BCUT2D eigenvalue weighted by Crippen LogP contribution is 2.21. The SMILES string of the molecule is CC(=O)NC1C(CNC(=O)CCC(=O)ON2C(=O)CCC2=O)OC(CO)C(O)C1O. The van der Waals surface area contributed by atoms with Crippen molar-refractivity contribution in [2.45, 2.75) is 63.1 Å². The van der Waals surface area contributed by atoms with Crippen molar-refractivity contribution >= 4 is 29.6 Å². The lowest BCUT2D eigenvalue weighted by molar-refractivity contribution is -0.197. The summed E-state index contributed by atoms with van der Waals surface area (Å²) in [6.07, 6.45) is -5.75. The predicted octanol–water partition coefficient (Wildman–Crippen LogP) is -3.52. The van der Waals surface area contributed by atoms with E-state index < -0.39 is 73.1 Å². The van der Waals surface area contributed by atoms with Crippen LogP contribution < -0.4 is 10.6 Å². The molecule has 5 unspecified atom stereocenters. The van der Waals surface area contributed by atoms with Gasteiger partial charge in [0.1, 0.15) is 18.3 Å². The fourth-order valence-corrected chi connectivity index (χ4v) is 3.10. The molecule has 168 valence electrons. The van der Waals surface area contributed by atoms with Crippen LogP contribution in [0.2, 0.25) is 0 Å². The number of aliphatic hydroxyl groups excluding tert-OH is 3. The molecular weight excluding hydrogens is 406 g/mol. The Labute approximate surface area is 171 Å². The molecule has 0 bridgehead atoms. The van der Waals surface area contributed by atoms with E-state index in [2.05, 4.69) is 15.5 Å². The van der Waals surface area contributed by atoms with Crippen molar-refractivity contribution in [1.82, 2.24) is 15.7 Å².